The first-order chi connectivity index (χ1) is 14.0. The molecule has 0 unspecified atom stereocenters. The fourth-order valence-electron chi connectivity index (χ4n) is 3.10. The van der Waals surface area contributed by atoms with E-state index in [1.54, 1.807) is 4.90 Å². The Hall–Kier alpha value is -2.95. The number of hydrogen-bond donors (Lipinski definition) is 0. The van der Waals surface area contributed by atoms with E-state index in [1.165, 1.54) is 11.8 Å². The van der Waals surface area contributed by atoms with Crippen LogP contribution < -0.4 is 4.90 Å². The molecule has 0 N–H and O–H groups in total. The van der Waals surface area contributed by atoms with Crippen LogP contribution in [0.25, 0.3) is 0 Å². The molecular formula is C18H15ClF4N4O3. The molecule has 160 valence electrons. The van der Waals surface area contributed by atoms with Gasteiger partial charge in [0.1, 0.15) is 11.6 Å². The second kappa shape index (κ2) is 8.05. The molecule has 1 aliphatic heterocycles. The van der Waals surface area contributed by atoms with Crippen LogP contribution in [0, 0.1) is 22.9 Å². The summed E-state index contributed by atoms with van der Waals surface area (Å²) in [5.41, 5.74) is -1.76. The number of benzene rings is 1. The third kappa shape index (κ3) is 4.30. The number of carbonyl (C=O) groups excluding carboxylic acids is 1. The van der Waals surface area contributed by atoms with Gasteiger partial charge < -0.3 is 9.80 Å². The third-order valence-corrected chi connectivity index (χ3v) is 5.05. The fourth-order valence-corrected chi connectivity index (χ4v) is 3.39. The number of carbonyl (C=O) groups is 1. The quantitative estimate of drug-likeness (QED) is 0.403. The first-order valence-corrected chi connectivity index (χ1v) is 9.08. The molecule has 3 rings (SSSR count). The predicted octanol–water partition coefficient (Wildman–Crippen LogP) is 4.07. The summed E-state index contributed by atoms with van der Waals surface area (Å²) in [6.45, 7) is 2.00. The van der Waals surface area contributed by atoms with Crippen LogP contribution in [-0.4, -0.2) is 46.9 Å². The van der Waals surface area contributed by atoms with E-state index in [2.05, 4.69) is 4.98 Å². The van der Waals surface area contributed by atoms with Gasteiger partial charge in [0.25, 0.3) is 11.6 Å². The molecule has 0 aliphatic carbocycles. The van der Waals surface area contributed by atoms with E-state index < -0.39 is 34.1 Å². The highest BCUT2D eigenvalue weighted by atomic mass is 35.5. The zero-order chi connectivity index (χ0) is 22.2. The average Bonchev–Trinajstić information content (AvgIpc) is 2.68. The number of anilines is 1. The van der Waals surface area contributed by atoms with E-state index >= 15 is 0 Å². The summed E-state index contributed by atoms with van der Waals surface area (Å²) in [6, 6.07) is 2.77. The molecular weight excluding hydrogens is 432 g/mol. The molecule has 0 bridgehead atoms. The van der Waals surface area contributed by atoms with Crippen molar-refractivity contribution in [2.24, 2.45) is 0 Å². The van der Waals surface area contributed by atoms with Crippen molar-refractivity contribution >= 4 is 29.0 Å². The smallest absolute Gasteiger partial charge is 0.352 e. The van der Waals surface area contributed by atoms with Gasteiger partial charge in [-0.25, -0.2) is 9.37 Å². The summed E-state index contributed by atoms with van der Waals surface area (Å²) in [4.78, 5) is 29.8. The lowest BCUT2D eigenvalue weighted by Gasteiger charge is -2.35. The SMILES string of the molecule is Cc1c(F)cc(C(=O)N2CCN(c3ncc(C(F)(F)F)cc3Cl)CC2)cc1[N+](=O)[O-]. The molecule has 0 atom stereocenters. The van der Waals surface area contributed by atoms with Gasteiger partial charge in [-0.2, -0.15) is 13.2 Å². The van der Waals surface area contributed by atoms with Crippen LogP contribution in [0.3, 0.4) is 0 Å². The van der Waals surface area contributed by atoms with E-state index in [9.17, 15) is 32.5 Å². The topological polar surface area (TPSA) is 79.6 Å². The standard InChI is InChI=1S/C18H15ClF4N4O3/c1-10-14(20)6-11(7-15(10)27(29)30)17(28)26-4-2-25(3-5-26)16-13(19)8-12(9-24-16)18(21,22)23/h6-9H,2-5H2,1H3. The lowest BCUT2D eigenvalue weighted by molar-refractivity contribution is -0.385. The van der Waals surface area contributed by atoms with Crippen molar-refractivity contribution in [2.45, 2.75) is 13.1 Å². The van der Waals surface area contributed by atoms with Crippen LogP contribution in [0.5, 0.6) is 0 Å². The highest BCUT2D eigenvalue weighted by molar-refractivity contribution is 6.33. The number of nitro benzene ring substituents is 1. The molecule has 1 aromatic carbocycles. The van der Waals surface area contributed by atoms with Gasteiger partial charge in [-0.15, -0.1) is 0 Å². The van der Waals surface area contributed by atoms with E-state index in [0.29, 0.717) is 6.20 Å². The van der Waals surface area contributed by atoms with Crippen LogP contribution in [0.2, 0.25) is 5.02 Å². The van der Waals surface area contributed by atoms with Crippen molar-refractivity contribution in [2.75, 3.05) is 31.1 Å². The normalized spacial score (nSPS) is 14.7. The second-order valence-electron chi connectivity index (χ2n) is 6.67. The maximum atomic E-state index is 14.0. The van der Waals surface area contributed by atoms with Crippen LogP contribution in [-0.2, 0) is 6.18 Å². The van der Waals surface area contributed by atoms with Crippen LogP contribution in [0.1, 0.15) is 21.5 Å². The Morgan fingerprint density at radius 2 is 1.83 bits per heavy atom. The Morgan fingerprint density at radius 3 is 2.37 bits per heavy atom. The van der Waals surface area contributed by atoms with Crippen molar-refractivity contribution in [1.29, 1.82) is 0 Å². The molecule has 1 aliphatic rings. The first-order valence-electron chi connectivity index (χ1n) is 8.70. The number of pyridine rings is 1. The molecule has 0 saturated carbocycles. The van der Waals surface area contributed by atoms with Crippen LogP contribution in [0.4, 0.5) is 29.1 Å². The van der Waals surface area contributed by atoms with Crippen molar-refractivity contribution in [1.82, 2.24) is 9.88 Å². The Morgan fingerprint density at radius 1 is 1.20 bits per heavy atom. The van der Waals surface area contributed by atoms with Gasteiger partial charge in [-0.3, -0.25) is 14.9 Å². The van der Waals surface area contributed by atoms with E-state index in [0.717, 1.165) is 18.2 Å². The summed E-state index contributed by atoms with van der Waals surface area (Å²) in [7, 11) is 0. The molecule has 7 nitrogen and oxygen atoms in total. The minimum Gasteiger partial charge on any atom is -0.352 e. The Bertz CT molecular complexity index is 1010. The van der Waals surface area contributed by atoms with Gasteiger partial charge in [-0.1, -0.05) is 11.6 Å². The number of hydrogen-bond acceptors (Lipinski definition) is 5. The second-order valence-corrected chi connectivity index (χ2v) is 7.07. The molecule has 2 aromatic rings. The summed E-state index contributed by atoms with van der Waals surface area (Å²) in [5.74, 6) is -1.27. The molecule has 1 fully saturated rings. The zero-order valence-corrected chi connectivity index (χ0v) is 16.3. The minimum absolute atomic E-state index is 0.149. The molecule has 0 radical (unpaired) electrons. The molecule has 1 saturated heterocycles. The molecule has 1 aromatic heterocycles. The maximum Gasteiger partial charge on any atom is 0.417 e. The van der Waals surface area contributed by atoms with Crippen LogP contribution in [0.15, 0.2) is 24.4 Å². The van der Waals surface area contributed by atoms with Crippen molar-refractivity contribution in [3.63, 3.8) is 0 Å². The first kappa shape index (κ1) is 21.8. The summed E-state index contributed by atoms with van der Waals surface area (Å²) in [6.07, 6.45) is -3.88. The van der Waals surface area contributed by atoms with Crippen molar-refractivity contribution in [3.05, 3.63) is 62.0 Å². The number of amides is 1. The summed E-state index contributed by atoms with van der Waals surface area (Å²) >= 11 is 5.95. The van der Waals surface area contributed by atoms with Gasteiger partial charge in [-0.05, 0) is 19.1 Å². The zero-order valence-electron chi connectivity index (χ0n) is 15.5. The number of nitrogens with zero attached hydrogens (tertiary/aromatic N) is 4. The van der Waals surface area contributed by atoms with E-state index in [-0.39, 0.29) is 48.1 Å². The number of alkyl halides is 3. The highest BCUT2D eigenvalue weighted by Crippen LogP contribution is 2.34. The monoisotopic (exact) mass is 446 g/mol. The Balaban J connectivity index is 1.73. The number of aromatic nitrogens is 1. The van der Waals surface area contributed by atoms with Gasteiger partial charge in [0, 0.05) is 44.0 Å². The molecule has 12 heteroatoms. The molecule has 1 amide bonds. The Kier molecular flexibility index (Phi) is 5.84. The minimum atomic E-state index is -4.56. The number of rotatable bonds is 3. The van der Waals surface area contributed by atoms with Gasteiger partial charge in [0.15, 0.2) is 0 Å². The summed E-state index contributed by atoms with van der Waals surface area (Å²) in [5, 5.41) is 10.9. The van der Waals surface area contributed by atoms with Crippen LogP contribution >= 0.6 is 11.6 Å². The largest absolute Gasteiger partial charge is 0.417 e. The third-order valence-electron chi connectivity index (χ3n) is 4.78. The molecule has 0 spiro atoms. The van der Waals surface area contributed by atoms with Gasteiger partial charge >= 0.3 is 6.18 Å². The number of nitro groups is 1. The summed E-state index contributed by atoms with van der Waals surface area (Å²) < 4.78 is 52.2. The van der Waals surface area contributed by atoms with Crippen molar-refractivity contribution < 1.29 is 27.3 Å². The van der Waals surface area contributed by atoms with Gasteiger partial charge in [0.2, 0.25) is 0 Å². The molecule has 30 heavy (non-hydrogen) atoms. The number of piperazine rings is 1. The Labute approximate surface area is 173 Å². The fraction of sp³-hybridized carbons (Fsp3) is 0.333. The predicted molar refractivity (Wildman–Crippen MR) is 100 cm³/mol. The average molecular weight is 447 g/mol. The lowest BCUT2D eigenvalue weighted by Crippen LogP contribution is -2.49. The van der Waals surface area contributed by atoms with E-state index in [1.807, 2.05) is 0 Å². The van der Waals surface area contributed by atoms with Gasteiger partial charge in [0.05, 0.1) is 21.1 Å². The van der Waals surface area contributed by atoms with Crippen molar-refractivity contribution in [3.8, 4) is 0 Å². The van der Waals surface area contributed by atoms with E-state index in [4.69, 9.17) is 11.6 Å². The number of halogens is 5. The molecule has 2 heterocycles. The lowest BCUT2D eigenvalue weighted by atomic mass is 10.1. The highest BCUT2D eigenvalue weighted by Gasteiger charge is 2.33. The maximum absolute atomic E-state index is 14.0.